The fourth-order valence-electron chi connectivity index (χ4n) is 0.952. The van der Waals surface area contributed by atoms with E-state index in [0.717, 1.165) is 0 Å². The van der Waals surface area contributed by atoms with Gasteiger partial charge in [0, 0.05) is 13.1 Å². The van der Waals surface area contributed by atoms with E-state index in [0.29, 0.717) is 26.3 Å². The molecule has 0 N–H and O–H groups in total. The minimum atomic E-state index is -0.0872. The number of amides is 1. The van der Waals surface area contributed by atoms with E-state index in [-0.39, 0.29) is 5.91 Å². The van der Waals surface area contributed by atoms with E-state index in [1.807, 2.05) is 0 Å². The van der Waals surface area contributed by atoms with Crippen molar-refractivity contribution in [3.63, 3.8) is 0 Å². The van der Waals surface area contributed by atoms with Crippen molar-refractivity contribution in [1.82, 2.24) is 4.90 Å². The Morgan fingerprint density at radius 1 is 1.45 bits per heavy atom. The molecule has 0 aliphatic carbocycles. The first-order chi connectivity index (χ1) is 5.34. The number of hydrogen-bond donors (Lipinski definition) is 0. The van der Waals surface area contributed by atoms with Gasteiger partial charge >= 0.3 is 0 Å². The molecule has 0 radical (unpaired) electrons. The largest absolute Gasteiger partial charge is 0.378 e. The van der Waals surface area contributed by atoms with E-state index < -0.39 is 0 Å². The SMILES string of the molecule is CC#CC(=O)N1CCOCC1. The Labute approximate surface area is 66.3 Å². The quantitative estimate of drug-likeness (QED) is 0.454. The summed E-state index contributed by atoms with van der Waals surface area (Å²) in [4.78, 5) is 12.8. The van der Waals surface area contributed by atoms with Crippen LogP contribution in [0.1, 0.15) is 6.92 Å². The zero-order valence-corrected chi connectivity index (χ0v) is 6.59. The van der Waals surface area contributed by atoms with Crippen molar-refractivity contribution < 1.29 is 9.53 Å². The third-order valence-electron chi connectivity index (χ3n) is 1.53. The van der Waals surface area contributed by atoms with Crippen molar-refractivity contribution in [2.45, 2.75) is 6.92 Å². The van der Waals surface area contributed by atoms with Crippen LogP contribution in [0.3, 0.4) is 0 Å². The number of carbonyl (C=O) groups excluding carboxylic acids is 1. The lowest BCUT2D eigenvalue weighted by atomic mass is 10.4. The Morgan fingerprint density at radius 2 is 2.09 bits per heavy atom. The smallest absolute Gasteiger partial charge is 0.298 e. The van der Waals surface area contributed by atoms with Crippen molar-refractivity contribution in [3.8, 4) is 11.8 Å². The van der Waals surface area contributed by atoms with Gasteiger partial charge in [-0.2, -0.15) is 0 Å². The summed E-state index contributed by atoms with van der Waals surface area (Å²) in [7, 11) is 0. The van der Waals surface area contributed by atoms with Crippen LogP contribution in [-0.2, 0) is 9.53 Å². The van der Waals surface area contributed by atoms with Crippen molar-refractivity contribution in [1.29, 1.82) is 0 Å². The van der Waals surface area contributed by atoms with Crippen LogP contribution in [-0.4, -0.2) is 37.1 Å². The summed E-state index contributed by atoms with van der Waals surface area (Å²) in [5.41, 5.74) is 0. The van der Waals surface area contributed by atoms with Crippen LogP contribution >= 0.6 is 0 Å². The Bertz CT molecular complexity index is 196. The number of morpholine rings is 1. The molecule has 0 bridgehead atoms. The molecular weight excluding hydrogens is 142 g/mol. The Morgan fingerprint density at radius 3 is 2.64 bits per heavy atom. The molecule has 0 atom stereocenters. The fraction of sp³-hybridized carbons (Fsp3) is 0.625. The first kappa shape index (κ1) is 8.09. The zero-order chi connectivity index (χ0) is 8.10. The normalized spacial score (nSPS) is 17.0. The highest BCUT2D eigenvalue weighted by atomic mass is 16.5. The lowest BCUT2D eigenvalue weighted by Crippen LogP contribution is -2.39. The van der Waals surface area contributed by atoms with Crippen LogP contribution in [0.5, 0.6) is 0 Å². The van der Waals surface area contributed by atoms with Crippen LogP contribution in [0.4, 0.5) is 0 Å². The summed E-state index contributed by atoms with van der Waals surface area (Å²) >= 11 is 0. The molecule has 3 nitrogen and oxygen atoms in total. The van der Waals surface area contributed by atoms with Gasteiger partial charge in [0.15, 0.2) is 0 Å². The second-order valence-corrected chi connectivity index (χ2v) is 2.28. The molecule has 1 rings (SSSR count). The third kappa shape index (κ3) is 2.24. The first-order valence-corrected chi connectivity index (χ1v) is 3.64. The third-order valence-corrected chi connectivity index (χ3v) is 1.53. The second-order valence-electron chi connectivity index (χ2n) is 2.28. The average Bonchev–Trinajstić information content (AvgIpc) is 2.07. The number of nitrogens with zero attached hydrogens (tertiary/aromatic N) is 1. The number of carbonyl (C=O) groups is 1. The van der Waals surface area contributed by atoms with Gasteiger partial charge < -0.3 is 9.64 Å². The van der Waals surface area contributed by atoms with Gasteiger partial charge in [0.2, 0.25) is 0 Å². The summed E-state index contributed by atoms with van der Waals surface area (Å²) in [5, 5.41) is 0. The Kier molecular flexibility index (Phi) is 2.94. The molecule has 0 aromatic rings. The van der Waals surface area contributed by atoms with Crippen LogP contribution < -0.4 is 0 Å². The van der Waals surface area contributed by atoms with E-state index >= 15 is 0 Å². The highest BCUT2D eigenvalue weighted by Gasteiger charge is 2.13. The summed E-state index contributed by atoms with van der Waals surface area (Å²) < 4.78 is 5.09. The Hall–Kier alpha value is -1.01. The first-order valence-electron chi connectivity index (χ1n) is 3.64. The molecule has 1 amide bonds. The molecule has 0 aromatic heterocycles. The van der Waals surface area contributed by atoms with Crippen LogP contribution in [0.25, 0.3) is 0 Å². The Balaban J connectivity index is 2.43. The van der Waals surface area contributed by atoms with Gasteiger partial charge in [-0.3, -0.25) is 4.79 Å². The summed E-state index contributed by atoms with van der Waals surface area (Å²) in [6.07, 6.45) is 0. The molecule has 3 heteroatoms. The van der Waals surface area contributed by atoms with Gasteiger partial charge in [-0.05, 0) is 12.8 Å². The summed E-state index contributed by atoms with van der Waals surface area (Å²) in [6.45, 7) is 4.29. The second kappa shape index (κ2) is 3.99. The monoisotopic (exact) mass is 153 g/mol. The van der Waals surface area contributed by atoms with Gasteiger partial charge in [-0.15, -0.1) is 0 Å². The maximum Gasteiger partial charge on any atom is 0.298 e. The van der Waals surface area contributed by atoms with Gasteiger partial charge in [0.05, 0.1) is 13.2 Å². The van der Waals surface area contributed by atoms with Crippen LogP contribution in [0.15, 0.2) is 0 Å². The molecule has 1 heterocycles. The standard InChI is InChI=1S/C8H11NO2/c1-2-3-8(10)9-4-6-11-7-5-9/h4-7H2,1H3. The molecule has 11 heavy (non-hydrogen) atoms. The van der Waals surface area contributed by atoms with Gasteiger partial charge in [-0.25, -0.2) is 0 Å². The highest BCUT2D eigenvalue weighted by molar-refractivity contribution is 5.93. The summed E-state index contributed by atoms with van der Waals surface area (Å²) in [6, 6.07) is 0. The molecule has 0 aromatic carbocycles. The molecule has 0 unspecified atom stereocenters. The number of ether oxygens (including phenoxy) is 1. The average molecular weight is 153 g/mol. The number of hydrogen-bond acceptors (Lipinski definition) is 2. The van der Waals surface area contributed by atoms with Crippen LogP contribution in [0.2, 0.25) is 0 Å². The molecule has 0 spiro atoms. The van der Waals surface area contributed by atoms with E-state index in [1.54, 1.807) is 11.8 Å². The van der Waals surface area contributed by atoms with Crippen molar-refractivity contribution in [2.75, 3.05) is 26.3 Å². The van der Waals surface area contributed by atoms with Gasteiger partial charge in [-0.1, -0.05) is 5.92 Å². The van der Waals surface area contributed by atoms with Crippen molar-refractivity contribution in [3.05, 3.63) is 0 Å². The van der Waals surface area contributed by atoms with Crippen molar-refractivity contribution in [2.24, 2.45) is 0 Å². The van der Waals surface area contributed by atoms with E-state index in [1.165, 1.54) is 0 Å². The molecule has 0 saturated carbocycles. The predicted octanol–water partition coefficient (Wildman–Crippen LogP) is -0.131. The maximum atomic E-state index is 11.1. The molecule has 1 aliphatic heterocycles. The predicted molar refractivity (Wildman–Crippen MR) is 40.8 cm³/mol. The van der Waals surface area contributed by atoms with Crippen molar-refractivity contribution >= 4 is 5.91 Å². The highest BCUT2D eigenvalue weighted by Crippen LogP contribution is 1.95. The molecule has 1 aliphatic rings. The van der Waals surface area contributed by atoms with E-state index in [4.69, 9.17) is 4.74 Å². The fourth-order valence-corrected chi connectivity index (χ4v) is 0.952. The molecule has 60 valence electrons. The lowest BCUT2D eigenvalue weighted by Gasteiger charge is -2.24. The topological polar surface area (TPSA) is 29.5 Å². The molecule has 1 fully saturated rings. The van der Waals surface area contributed by atoms with E-state index in [9.17, 15) is 4.79 Å². The lowest BCUT2D eigenvalue weighted by molar-refractivity contribution is -0.129. The minimum Gasteiger partial charge on any atom is -0.378 e. The van der Waals surface area contributed by atoms with Crippen LogP contribution in [0, 0.1) is 11.8 Å². The van der Waals surface area contributed by atoms with Gasteiger partial charge in [0.1, 0.15) is 0 Å². The minimum absolute atomic E-state index is 0.0872. The van der Waals surface area contributed by atoms with Gasteiger partial charge in [0.25, 0.3) is 5.91 Å². The molecular formula is C8H11NO2. The molecule has 1 saturated heterocycles. The zero-order valence-electron chi connectivity index (χ0n) is 6.59. The maximum absolute atomic E-state index is 11.1. The van der Waals surface area contributed by atoms with E-state index in [2.05, 4.69) is 11.8 Å². The summed E-state index contributed by atoms with van der Waals surface area (Å²) in [5.74, 6) is 4.99. The number of rotatable bonds is 0.